The van der Waals surface area contributed by atoms with Gasteiger partial charge in [0, 0.05) is 22.1 Å². The Kier molecular flexibility index (Phi) is 17.4. The van der Waals surface area contributed by atoms with Gasteiger partial charge in [0.05, 0.1) is 0 Å². The molecule has 0 N–H and O–H groups in total. The largest absolute Gasteiger partial charge is 0.488 e. The van der Waals surface area contributed by atoms with Gasteiger partial charge < -0.3 is 4.74 Å². The smallest absolute Gasteiger partial charge is 0.127 e. The summed E-state index contributed by atoms with van der Waals surface area (Å²) in [6, 6.07) is 34.7. The SMILES string of the molecule is CC(C)=C1C(=C(C)C)C(C)c2ccccc21.CC(C)=C1CCc2ccccc2C1=C(C)C.CC(C)=C1COc2ccccc2C1=C(C)C.CC(C)=C1SCc2ccccc2C1=C(C)C. The van der Waals surface area contributed by atoms with E-state index in [2.05, 4.69) is 203 Å². The molecule has 0 saturated carbocycles. The fourth-order valence-corrected chi connectivity index (χ4v) is 11.0. The number of hydrogen-bond acceptors (Lipinski definition) is 2. The van der Waals surface area contributed by atoms with Gasteiger partial charge in [-0.15, -0.1) is 11.8 Å². The Hall–Kier alpha value is -5.05. The molecule has 336 valence electrons. The van der Waals surface area contributed by atoms with Gasteiger partial charge in [0.1, 0.15) is 12.4 Å². The Morgan fingerprint density at radius 3 is 1.42 bits per heavy atom. The first kappa shape index (κ1) is 50.0. The van der Waals surface area contributed by atoms with Gasteiger partial charge in [-0.1, -0.05) is 143 Å². The topological polar surface area (TPSA) is 9.23 Å². The van der Waals surface area contributed by atoms with Crippen LogP contribution in [0.2, 0.25) is 0 Å². The number of para-hydroxylation sites is 1. The van der Waals surface area contributed by atoms with E-state index in [0.717, 1.165) is 11.5 Å². The van der Waals surface area contributed by atoms with Crippen molar-refractivity contribution in [1.29, 1.82) is 0 Å². The molecule has 2 heteroatoms. The van der Waals surface area contributed by atoms with E-state index in [0.29, 0.717) is 12.5 Å². The average molecular weight is 869 g/mol. The van der Waals surface area contributed by atoms with Crippen molar-refractivity contribution in [3.8, 4) is 5.75 Å². The van der Waals surface area contributed by atoms with Gasteiger partial charge in [-0.25, -0.2) is 0 Å². The highest BCUT2D eigenvalue weighted by Gasteiger charge is 2.29. The zero-order chi connectivity index (χ0) is 47.0. The molecule has 0 bridgehead atoms. The van der Waals surface area contributed by atoms with Crippen LogP contribution in [0, 0.1) is 0 Å². The minimum atomic E-state index is 0.547. The van der Waals surface area contributed by atoms with E-state index in [1.807, 2.05) is 23.9 Å². The number of allylic oxidation sites excluding steroid dienone is 13. The lowest BCUT2D eigenvalue weighted by molar-refractivity contribution is 0.347. The van der Waals surface area contributed by atoms with Crippen LogP contribution < -0.4 is 4.74 Å². The van der Waals surface area contributed by atoms with Gasteiger partial charge in [0.25, 0.3) is 0 Å². The van der Waals surface area contributed by atoms with Gasteiger partial charge >= 0.3 is 0 Å². The highest BCUT2D eigenvalue weighted by Crippen LogP contribution is 2.48. The molecule has 0 fully saturated rings. The fraction of sp³-hybridized carbons (Fsp3) is 0.355. The maximum Gasteiger partial charge on any atom is 0.127 e. The standard InChI is InChI=1S/2C16H20.C15H18O.C15H18S/c1-10(2)15-12(5)13-8-6-7-9-14(13)16(15)11(3)4;1-11(2)14-10-9-13-7-5-6-8-15(13)16(14)12(3)4;1-10(2)13-9-16-14-8-6-5-7-12(14)15(13)11(3)4;1-10(2)14-13-8-6-5-7-12(13)9-16-15(14)11(3)4/h6-9,12H,1-5H3;5-8H,9-10H2,1-4H3;2*5-8H,9H2,1-4H3. The van der Waals surface area contributed by atoms with Crippen molar-refractivity contribution in [3.05, 3.63) is 202 Å². The highest BCUT2D eigenvalue weighted by atomic mass is 32.2. The molecule has 2 aliphatic heterocycles. The summed E-state index contributed by atoms with van der Waals surface area (Å²) in [7, 11) is 0. The zero-order valence-corrected chi connectivity index (χ0v) is 43.3. The van der Waals surface area contributed by atoms with Crippen molar-refractivity contribution >= 4 is 34.1 Å². The van der Waals surface area contributed by atoms with Crippen LogP contribution in [-0.2, 0) is 12.2 Å². The first-order valence-corrected chi connectivity index (χ1v) is 24.3. The third-order valence-electron chi connectivity index (χ3n) is 12.5. The van der Waals surface area contributed by atoms with Crippen LogP contribution in [0.25, 0.3) is 22.3 Å². The molecule has 64 heavy (non-hydrogen) atoms. The number of hydrogen-bond donors (Lipinski definition) is 0. The molecule has 0 radical (unpaired) electrons. The van der Waals surface area contributed by atoms with E-state index in [1.54, 1.807) is 5.57 Å². The molecule has 0 spiro atoms. The Bertz CT molecular complexity index is 2400. The third kappa shape index (κ3) is 11.2. The Balaban J connectivity index is 0.000000161. The number of ether oxygens (including phenoxy) is 1. The summed E-state index contributed by atoms with van der Waals surface area (Å²) in [4.78, 5) is 1.47. The number of rotatable bonds is 0. The lowest BCUT2D eigenvalue weighted by atomic mass is 9.80. The Morgan fingerprint density at radius 2 is 0.891 bits per heavy atom. The summed E-state index contributed by atoms with van der Waals surface area (Å²) < 4.78 is 5.79. The average Bonchev–Trinajstić information content (AvgIpc) is 3.58. The zero-order valence-electron chi connectivity index (χ0n) is 42.5. The monoisotopic (exact) mass is 869 g/mol. The van der Waals surface area contributed by atoms with Gasteiger partial charge in [-0.05, 0) is 202 Å². The second-order valence-electron chi connectivity index (χ2n) is 19.4. The van der Waals surface area contributed by atoms with Crippen LogP contribution in [0.5, 0.6) is 5.75 Å². The van der Waals surface area contributed by atoms with Gasteiger partial charge in [0.15, 0.2) is 0 Å². The third-order valence-corrected chi connectivity index (χ3v) is 13.9. The fourth-order valence-electron chi connectivity index (χ4n) is 9.72. The summed E-state index contributed by atoms with van der Waals surface area (Å²) >= 11 is 1.97. The second kappa shape index (κ2) is 22.2. The first-order valence-electron chi connectivity index (χ1n) is 23.4. The Labute approximate surface area is 393 Å². The van der Waals surface area contributed by atoms with Gasteiger partial charge in [0.2, 0.25) is 0 Å². The predicted molar refractivity (Wildman–Crippen MR) is 286 cm³/mol. The molecular formula is C62H76OS. The Morgan fingerprint density at radius 1 is 0.422 bits per heavy atom. The normalized spacial score (nSPS) is 15.6. The van der Waals surface area contributed by atoms with Crippen molar-refractivity contribution in [2.45, 2.75) is 142 Å². The molecule has 1 nitrogen and oxygen atoms in total. The molecular weight excluding hydrogens is 793 g/mol. The van der Waals surface area contributed by atoms with E-state index in [4.69, 9.17) is 4.74 Å². The van der Waals surface area contributed by atoms with Crippen LogP contribution in [0.3, 0.4) is 0 Å². The van der Waals surface area contributed by atoms with Crippen molar-refractivity contribution in [2.75, 3.05) is 6.61 Å². The molecule has 8 rings (SSSR count). The molecule has 2 heterocycles. The van der Waals surface area contributed by atoms with E-state index in [9.17, 15) is 0 Å². The van der Waals surface area contributed by atoms with Crippen LogP contribution in [0.4, 0.5) is 0 Å². The molecule has 4 aromatic carbocycles. The van der Waals surface area contributed by atoms with Crippen LogP contribution >= 0.6 is 11.8 Å². The van der Waals surface area contributed by atoms with Crippen molar-refractivity contribution in [3.63, 3.8) is 0 Å². The molecule has 0 saturated heterocycles. The summed E-state index contributed by atoms with van der Waals surface area (Å²) in [5, 5.41) is 0. The minimum absolute atomic E-state index is 0.547. The first-order chi connectivity index (χ1) is 30.4. The van der Waals surface area contributed by atoms with E-state index < -0.39 is 0 Å². The molecule has 1 unspecified atom stereocenters. The van der Waals surface area contributed by atoms with Gasteiger partial charge in [-0.3, -0.25) is 0 Å². The molecule has 2 aliphatic carbocycles. The van der Waals surface area contributed by atoms with E-state index in [1.165, 1.54) is 135 Å². The maximum absolute atomic E-state index is 5.79. The summed E-state index contributed by atoms with van der Waals surface area (Å²) in [6.07, 6.45) is 2.38. The molecule has 4 aromatic rings. The lowest BCUT2D eigenvalue weighted by Gasteiger charge is -2.25. The van der Waals surface area contributed by atoms with Crippen molar-refractivity contribution in [1.82, 2.24) is 0 Å². The maximum atomic E-state index is 5.79. The van der Waals surface area contributed by atoms with Crippen LogP contribution in [-0.4, -0.2) is 6.61 Å². The summed E-state index contributed by atoms with van der Waals surface area (Å²) in [6.45, 7) is 38.3. The van der Waals surface area contributed by atoms with E-state index in [-0.39, 0.29) is 0 Å². The van der Waals surface area contributed by atoms with Crippen molar-refractivity contribution in [2.24, 2.45) is 0 Å². The van der Waals surface area contributed by atoms with E-state index >= 15 is 0 Å². The minimum Gasteiger partial charge on any atom is -0.488 e. The quantitative estimate of drug-likeness (QED) is 0.174. The highest BCUT2D eigenvalue weighted by molar-refractivity contribution is 8.03. The summed E-state index contributed by atoms with van der Waals surface area (Å²) in [5.41, 5.74) is 31.5. The number of thioether (sulfide) groups is 1. The number of fused-ring (bicyclic) bond motifs is 4. The lowest BCUT2D eigenvalue weighted by Crippen LogP contribution is -2.13. The molecule has 0 aromatic heterocycles. The van der Waals surface area contributed by atoms with Crippen LogP contribution in [0.1, 0.15) is 169 Å². The molecule has 4 aliphatic rings. The molecule has 0 amide bonds. The summed E-state index contributed by atoms with van der Waals surface area (Å²) in [5.74, 6) is 2.66. The van der Waals surface area contributed by atoms with Gasteiger partial charge in [-0.2, -0.15) is 0 Å². The number of aryl methyl sites for hydroxylation is 1. The number of benzene rings is 4. The van der Waals surface area contributed by atoms with Crippen molar-refractivity contribution < 1.29 is 4.74 Å². The van der Waals surface area contributed by atoms with Crippen LogP contribution in [0.15, 0.2) is 163 Å². The predicted octanol–water partition coefficient (Wildman–Crippen LogP) is 18.9. The second-order valence-corrected chi connectivity index (χ2v) is 20.4. The molecule has 1 atom stereocenters.